The summed E-state index contributed by atoms with van der Waals surface area (Å²) in [5.74, 6) is 0.146. The van der Waals surface area contributed by atoms with Gasteiger partial charge in [0.15, 0.2) is 5.15 Å². The number of hydrogen-bond acceptors (Lipinski definition) is 4. The normalized spacial score (nSPS) is 9.85. The van der Waals surface area contributed by atoms with Crippen LogP contribution in [-0.2, 0) is 4.79 Å². The lowest BCUT2D eigenvalue weighted by Gasteiger charge is -2.06. The molecular formula is C8H8ClN3O. The Morgan fingerprint density at radius 3 is 2.77 bits per heavy atom. The number of carbonyl (C=O) groups excluding carboxylic acids is 1. The predicted molar refractivity (Wildman–Crippen MR) is 48.9 cm³/mol. The first kappa shape index (κ1) is 9.84. The van der Waals surface area contributed by atoms with Crippen molar-refractivity contribution < 1.29 is 4.79 Å². The van der Waals surface area contributed by atoms with Crippen LogP contribution in [0.3, 0.4) is 0 Å². The zero-order chi connectivity index (χ0) is 9.84. The van der Waals surface area contributed by atoms with E-state index in [2.05, 4.69) is 15.0 Å². The number of rotatable bonds is 2. The summed E-state index contributed by atoms with van der Waals surface area (Å²) in [7, 11) is 0. The van der Waals surface area contributed by atoms with Crippen LogP contribution in [0.25, 0.3) is 0 Å². The molecule has 0 aliphatic rings. The van der Waals surface area contributed by atoms with Gasteiger partial charge in [-0.2, -0.15) is 4.99 Å². The molecule has 0 radical (unpaired) electrons. The maximum atomic E-state index is 10.1. The van der Waals surface area contributed by atoms with Crippen molar-refractivity contribution >= 4 is 23.4 Å². The van der Waals surface area contributed by atoms with Crippen molar-refractivity contribution in [2.24, 2.45) is 4.99 Å². The summed E-state index contributed by atoms with van der Waals surface area (Å²) >= 11 is 5.73. The monoisotopic (exact) mass is 197 g/mol. The minimum absolute atomic E-state index is 0.146. The van der Waals surface area contributed by atoms with Gasteiger partial charge in [-0.15, -0.1) is 0 Å². The molecule has 0 spiro atoms. The van der Waals surface area contributed by atoms with Crippen LogP contribution in [0.1, 0.15) is 25.5 Å². The van der Waals surface area contributed by atoms with E-state index in [1.165, 1.54) is 12.4 Å². The van der Waals surface area contributed by atoms with Gasteiger partial charge in [-0.05, 0) is 5.92 Å². The Balaban J connectivity index is 3.33. The van der Waals surface area contributed by atoms with Gasteiger partial charge in [0.2, 0.25) is 6.08 Å². The van der Waals surface area contributed by atoms with Gasteiger partial charge in [0.25, 0.3) is 0 Å². The molecule has 1 aromatic rings. The summed E-state index contributed by atoms with van der Waals surface area (Å²) < 4.78 is 0. The lowest BCUT2D eigenvalue weighted by Crippen LogP contribution is -1.94. The number of hydrogen-bond donors (Lipinski definition) is 0. The molecule has 0 saturated carbocycles. The minimum atomic E-state index is 0.146. The molecule has 0 aromatic carbocycles. The molecule has 0 atom stereocenters. The van der Waals surface area contributed by atoms with Crippen molar-refractivity contribution in [3.8, 4) is 0 Å². The highest BCUT2D eigenvalue weighted by Gasteiger charge is 2.11. The average molecular weight is 198 g/mol. The van der Waals surface area contributed by atoms with E-state index in [1.807, 2.05) is 13.8 Å². The minimum Gasteiger partial charge on any atom is -0.239 e. The highest BCUT2D eigenvalue weighted by Crippen LogP contribution is 2.29. The summed E-state index contributed by atoms with van der Waals surface area (Å²) in [4.78, 5) is 21.3. The smallest absolute Gasteiger partial charge is 0.239 e. The third kappa shape index (κ3) is 2.11. The largest absolute Gasteiger partial charge is 0.240 e. The van der Waals surface area contributed by atoms with Crippen LogP contribution in [0.2, 0.25) is 5.15 Å². The van der Waals surface area contributed by atoms with Gasteiger partial charge in [0.1, 0.15) is 12.0 Å². The molecule has 0 N–H and O–H groups in total. The highest BCUT2D eigenvalue weighted by atomic mass is 35.5. The van der Waals surface area contributed by atoms with E-state index < -0.39 is 0 Å². The van der Waals surface area contributed by atoms with E-state index in [0.29, 0.717) is 11.4 Å². The third-order valence-corrected chi connectivity index (χ3v) is 1.79. The zero-order valence-corrected chi connectivity index (χ0v) is 8.04. The van der Waals surface area contributed by atoms with E-state index in [9.17, 15) is 4.79 Å². The van der Waals surface area contributed by atoms with E-state index in [-0.39, 0.29) is 11.1 Å². The first-order chi connectivity index (χ1) is 6.16. The van der Waals surface area contributed by atoms with Gasteiger partial charge in [0, 0.05) is 0 Å². The van der Waals surface area contributed by atoms with Crippen molar-refractivity contribution in [1.29, 1.82) is 0 Å². The molecule has 4 nitrogen and oxygen atoms in total. The summed E-state index contributed by atoms with van der Waals surface area (Å²) in [6, 6.07) is 0. The van der Waals surface area contributed by atoms with Gasteiger partial charge >= 0.3 is 0 Å². The molecule has 0 amide bonds. The third-order valence-electron chi connectivity index (χ3n) is 1.51. The molecule has 68 valence electrons. The Hall–Kier alpha value is -1.25. The molecule has 0 fully saturated rings. The molecular weight excluding hydrogens is 190 g/mol. The van der Waals surface area contributed by atoms with Crippen LogP contribution in [0, 0.1) is 0 Å². The molecule has 0 aliphatic carbocycles. The lowest BCUT2D eigenvalue weighted by atomic mass is 10.1. The van der Waals surface area contributed by atoms with Crippen LogP contribution in [0.4, 0.5) is 5.69 Å². The van der Waals surface area contributed by atoms with Gasteiger partial charge in [-0.1, -0.05) is 25.4 Å². The number of aliphatic imine (C=N–C) groups is 1. The van der Waals surface area contributed by atoms with Gasteiger partial charge in [-0.3, -0.25) is 0 Å². The Kier molecular flexibility index (Phi) is 3.12. The van der Waals surface area contributed by atoms with E-state index in [4.69, 9.17) is 11.6 Å². The maximum Gasteiger partial charge on any atom is 0.240 e. The maximum absolute atomic E-state index is 10.1. The van der Waals surface area contributed by atoms with Crippen molar-refractivity contribution in [2.45, 2.75) is 19.8 Å². The van der Waals surface area contributed by atoms with Crippen molar-refractivity contribution in [3.05, 3.63) is 17.2 Å². The second-order valence-corrected chi connectivity index (χ2v) is 3.11. The molecule has 1 heterocycles. The topological polar surface area (TPSA) is 55.2 Å². The number of isocyanates is 1. The van der Waals surface area contributed by atoms with E-state index >= 15 is 0 Å². The zero-order valence-electron chi connectivity index (χ0n) is 7.28. The first-order valence-electron chi connectivity index (χ1n) is 3.75. The molecule has 5 heteroatoms. The van der Waals surface area contributed by atoms with Crippen LogP contribution in [0.15, 0.2) is 11.3 Å². The Morgan fingerprint density at radius 1 is 1.54 bits per heavy atom. The fraction of sp³-hybridized carbons (Fsp3) is 0.375. The summed E-state index contributed by atoms with van der Waals surface area (Å²) in [5, 5.41) is 0.182. The van der Waals surface area contributed by atoms with Crippen molar-refractivity contribution in [1.82, 2.24) is 9.97 Å². The average Bonchev–Trinajstić information content (AvgIpc) is 2.08. The van der Waals surface area contributed by atoms with Crippen LogP contribution in [-0.4, -0.2) is 16.0 Å². The fourth-order valence-corrected chi connectivity index (χ4v) is 1.12. The second-order valence-electron chi connectivity index (χ2n) is 2.76. The van der Waals surface area contributed by atoms with Gasteiger partial charge in [0.05, 0.1) is 5.69 Å². The predicted octanol–water partition coefficient (Wildman–Crippen LogP) is 2.22. The first-order valence-corrected chi connectivity index (χ1v) is 4.13. The van der Waals surface area contributed by atoms with Crippen molar-refractivity contribution in [3.63, 3.8) is 0 Å². The lowest BCUT2D eigenvalue weighted by molar-refractivity contribution is 0.565. The number of aromatic nitrogens is 2. The van der Waals surface area contributed by atoms with Gasteiger partial charge in [-0.25, -0.2) is 14.8 Å². The number of nitrogens with zero attached hydrogens (tertiary/aromatic N) is 3. The standard InChI is InChI=1S/C8H8ClN3O/c1-5(2)6-7(12-4-13)8(9)11-3-10-6/h3,5H,1-2H3. The summed E-state index contributed by atoms with van der Waals surface area (Å²) in [6.07, 6.45) is 2.78. The fourth-order valence-electron chi connectivity index (χ4n) is 0.941. The molecule has 1 rings (SSSR count). The Bertz CT molecular complexity index is 358. The molecule has 0 unspecified atom stereocenters. The summed E-state index contributed by atoms with van der Waals surface area (Å²) in [6.45, 7) is 3.87. The molecule has 0 bridgehead atoms. The quantitative estimate of drug-likeness (QED) is 0.415. The molecule has 0 saturated heterocycles. The van der Waals surface area contributed by atoms with Crippen LogP contribution >= 0.6 is 11.6 Å². The van der Waals surface area contributed by atoms with Crippen molar-refractivity contribution in [2.75, 3.05) is 0 Å². The van der Waals surface area contributed by atoms with Gasteiger partial charge < -0.3 is 0 Å². The molecule has 13 heavy (non-hydrogen) atoms. The molecule has 1 aromatic heterocycles. The number of halogens is 1. The van der Waals surface area contributed by atoms with Crippen LogP contribution in [0.5, 0.6) is 0 Å². The summed E-state index contributed by atoms with van der Waals surface area (Å²) in [5.41, 5.74) is 0.970. The highest BCUT2D eigenvalue weighted by molar-refractivity contribution is 6.31. The van der Waals surface area contributed by atoms with Crippen LogP contribution < -0.4 is 0 Å². The molecule has 0 aliphatic heterocycles. The Labute approximate surface area is 80.7 Å². The second kappa shape index (κ2) is 4.12. The SMILES string of the molecule is CC(C)c1ncnc(Cl)c1N=C=O. The Morgan fingerprint density at radius 2 is 2.23 bits per heavy atom. The van der Waals surface area contributed by atoms with E-state index in [0.717, 1.165) is 0 Å². The van der Waals surface area contributed by atoms with E-state index in [1.54, 1.807) is 0 Å².